The SMILES string of the molecule is CCCn1nncc1C(O)CCSC. The molecule has 0 aliphatic carbocycles. The minimum atomic E-state index is -0.427. The number of rotatable bonds is 6. The van der Waals surface area contributed by atoms with Crippen LogP contribution in [0.2, 0.25) is 0 Å². The van der Waals surface area contributed by atoms with Gasteiger partial charge in [-0.3, -0.25) is 0 Å². The molecule has 1 aromatic rings. The van der Waals surface area contributed by atoms with Crippen molar-refractivity contribution in [2.75, 3.05) is 12.0 Å². The summed E-state index contributed by atoms with van der Waals surface area (Å²) in [6.45, 7) is 2.91. The van der Waals surface area contributed by atoms with Gasteiger partial charge in [-0.25, -0.2) is 4.68 Å². The highest BCUT2D eigenvalue weighted by atomic mass is 32.2. The van der Waals surface area contributed by atoms with Crippen molar-refractivity contribution in [2.24, 2.45) is 0 Å². The Balaban J connectivity index is 2.58. The molecule has 0 aliphatic heterocycles. The van der Waals surface area contributed by atoms with Crippen molar-refractivity contribution in [3.8, 4) is 0 Å². The van der Waals surface area contributed by atoms with Crippen LogP contribution in [0.1, 0.15) is 31.6 Å². The summed E-state index contributed by atoms with van der Waals surface area (Å²) >= 11 is 1.74. The number of aliphatic hydroxyl groups excluding tert-OH is 1. The summed E-state index contributed by atoms with van der Waals surface area (Å²) < 4.78 is 1.78. The Bertz CT molecular complexity index is 264. The summed E-state index contributed by atoms with van der Waals surface area (Å²) in [4.78, 5) is 0. The van der Waals surface area contributed by atoms with Gasteiger partial charge in [0.25, 0.3) is 0 Å². The third-order valence-electron chi connectivity index (χ3n) is 2.02. The van der Waals surface area contributed by atoms with Crippen LogP contribution >= 0.6 is 11.8 Å². The average molecular weight is 215 g/mol. The van der Waals surface area contributed by atoms with Crippen molar-refractivity contribution >= 4 is 11.8 Å². The highest BCUT2D eigenvalue weighted by Gasteiger charge is 2.12. The number of aromatic nitrogens is 3. The molecule has 0 aromatic carbocycles. The van der Waals surface area contributed by atoms with Crippen LogP contribution in [0, 0.1) is 0 Å². The number of hydrogen-bond acceptors (Lipinski definition) is 4. The molecule has 0 bridgehead atoms. The molecule has 5 heteroatoms. The highest BCUT2D eigenvalue weighted by Crippen LogP contribution is 2.17. The standard InChI is InChI=1S/C9H17N3OS/c1-3-5-12-8(7-10-11-12)9(13)4-6-14-2/h7,9,13H,3-6H2,1-2H3. The molecule has 80 valence electrons. The van der Waals surface area contributed by atoms with Crippen LogP contribution in [0.4, 0.5) is 0 Å². The summed E-state index contributed by atoms with van der Waals surface area (Å²) in [6, 6.07) is 0. The molecule has 1 aromatic heterocycles. The second-order valence-corrected chi connectivity index (χ2v) is 4.16. The Labute approximate surface area is 88.7 Å². The predicted molar refractivity (Wildman–Crippen MR) is 58.3 cm³/mol. The summed E-state index contributed by atoms with van der Waals surface area (Å²) in [5.41, 5.74) is 0.834. The summed E-state index contributed by atoms with van der Waals surface area (Å²) in [5, 5.41) is 17.6. The lowest BCUT2D eigenvalue weighted by Gasteiger charge is -2.10. The van der Waals surface area contributed by atoms with E-state index in [0.717, 1.165) is 30.8 Å². The van der Waals surface area contributed by atoms with Gasteiger partial charge in [-0.1, -0.05) is 12.1 Å². The van der Waals surface area contributed by atoms with E-state index in [9.17, 15) is 5.11 Å². The molecule has 0 fully saturated rings. The topological polar surface area (TPSA) is 50.9 Å². The van der Waals surface area contributed by atoms with Gasteiger partial charge in [0.1, 0.15) is 0 Å². The zero-order valence-electron chi connectivity index (χ0n) is 8.68. The molecule has 1 unspecified atom stereocenters. The predicted octanol–water partition coefficient (Wildman–Crippen LogP) is 1.47. The fourth-order valence-electron chi connectivity index (χ4n) is 1.29. The fraction of sp³-hybridized carbons (Fsp3) is 0.778. The molecule has 1 heterocycles. The van der Waals surface area contributed by atoms with Gasteiger partial charge in [0.15, 0.2) is 0 Å². The maximum Gasteiger partial charge on any atom is 0.0980 e. The number of nitrogens with zero attached hydrogens (tertiary/aromatic N) is 3. The summed E-state index contributed by atoms with van der Waals surface area (Å²) in [6.07, 6.45) is 5.03. The van der Waals surface area contributed by atoms with Crippen LogP contribution in [0.5, 0.6) is 0 Å². The van der Waals surface area contributed by atoms with E-state index in [1.807, 2.05) is 6.26 Å². The van der Waals surface area contributed by atoms with Gasteiger partial charge >= 0.3 is 0 Å². The maximum atomic E-state index is 9.83. The first kappa shape index (κ1) is 11.5. The Morgan fingerprint density at radius 3 is 3.07 bits per heavy atom. The molecule has 0 amide bonds. The first-order valence-corrected chi connectivity index (χ1v) is 6.24. The van der Waals surface area contributed by atoms with Crippen molar-refractivity contribution < 1.29 is 5.11 Å². The van der Waals surface area contributed by atoms with Crippen LogP contribution in [-0.4, -0.2) is 32.1 Å². The summed E-state index contributed by atoms with van der Waals surface area (Å²) in [5.74, 6) is 0.957. The van der Waals surface area contributed by atoms with E-state index in [-0.39, 0.29) is 0 Å². The van der Waals surface area contributed by atoms with Gasteiger partial charge in [0.05, 0.1) is 18.0 Å². The van der Waals surface area contributed by atoms with Crippen molar-refractivity contribution in [3.05, 3.63) is 11.9 Å². The largest absolute Gasteiger partial charge is 0.387 e. The zero-order chi connectivity index (χ0) is 10.4. The molecule has 4 nitrogen and oxygen atoms in total. The molecule has 0 saturated carbocycles. The van der Waals surface area contributed by atoms with E-state index in [4.69, 9.17) is 0 Å². The Morgan fingerprint density at radius 2 is 2.43 bits per heavy atom. The van der Waals surface area contributed by atoms with Crippen LogP contribution in [0.3, 0.4) is 0 Å². The molecule has 0 radical (unpaired) electrons. The second kappa shape index (κ2) is 6.03. The van der Waals surface area contributed by atoms with Crippen LogP contribution in [0.15, 0.2) is 6.20 Å². The Morgan fingerprint density at radius 1 is 1.64 bits per heavy atom. The molecule has 1 atom stereocenters. The molecule has 0 spiro atoms. The van der Waals surface area contributed by atoms with Crippen molar-refractivity contribution in [1.82, 2.24) is 15.0 Å². The van der Waals surface area contributed by atoms with Crippen LogP contribution in [0.25, 0.3) is 0 Å². The van der Waals surface area contributed by atoms with Crippen molar-refractivity contribution in [1.29, 1.82) is 0 Å². The first-order chi connectivity index (χ1) is 6.79. The quantitative estimate of drug-likeness (QED) is 0.781. The molecule has 14 heavy (non-hydrogen) atoms. The normalized spacial score (nSPS) is 13.1. The third-order valence-corrected chi connectivity index (χ3v) is 2.66. The lowest BCUT2D eigenvalue weighted by molar-refractivity contribution is 0.163. The molecular weight excluding hydrogens is 198 g/mol. The van der Waals surface area contributed by atoms with Gasteiger partial charge in [0, 0.05) is 6.54 Å². The van der Waals surface area contributed by atoms with E-state index in [1.54, 1.807) is 22.6 Å². The number of thioether (sulfide) groups is 1. The monoisotopic (exact) mass is 215 g/mol. The average Bonchev–Trinajstić information content (AvgIpc) is 2.63. The van der Waals surface area contributed by atoms with E-state index >= 15 is 0 Å². The van der Waals surface area contributed by atoms with E-state index in [0.29, 0.717) is 0 Å². The fourth-order valence-corrected chi connectivity index (χ4v) is 1.75. The number of aryl methyl sites for hydroxylation is 1. The van der Waals surface area contributed by atoms with E-state index < -0.39 is 6.10 Å². The first-order valence-electron chi connectivity index (χ1n) is 4.85. The molecule has 1 rings (SSSR count). The van der Waals surface area contributed by atoms with Crippen LogP contribution < -0.4 is 0 Å². The smallest absolute Gasteiger partial charge is 0.0980 e. The van der Waals surface area contributed by atoms with Gasteiger partial charge in [-0.2, -0.15) is 11.8 Å². The molecule has 1 N–H and O–H groups in total. The molecule has 0 aliphatic rings. The van der Waals surface area contributed by atoms with E-state index in [1.165, 1.54) is 0 Å². The Kier molecular flexibility index (Phi) is 4.97. The second-order valence-electron chi connectivity index (χ2n) is 3.18. The lowest BCUT2D eigenvalue weighted by Crippen LogP contribution is -2.09. The minimum Gasteiger partial charge on any atom is -0.387 e. The maximum absolute atomic E-state index is 9.83. The number of hydrogen-bond donors (Lipinski definition) is 1. The minimum absolute atomic E-state index is 0.427. The number of aliphatic hydroxyl groups is 1. The zero-order valence-corrected chi connectivity index (χ0v) is 9.50. The molecular formula is C9H17N3OS. The third kappa shape index (κ3) is 2.99. The van der Waals surface area contributed by atoms with Gasteiger partial charge in [-0.15, -0.1) is 5.10 Å². The molecule has 0 saturated heterocycles. The highest BCUT2D eigenvalue weighted by molar-refractivity contribution is 7.98. The van der Waals surface area contributed by atoms with Gasteiger partial charge in [-0.05, 0) is 24.9 Å². The van der Waals surface area contributed by atoms with Crippen molar-refractivity contribution in [3.63, 3.8) is 0 Å². The lowest BCUT2D eigenvalue weighted by atomic mass is 10.2. The van der Waals surface area contributed by atoms with Crippen LogP contribution in [-0.2, 0) is 6.54 Å². The van der Waals surface area contributed by atoms with Gasteiger partial charge < -0.3 is 5.11 Å². The van der Waals surface area contributed by atoms with E-state index in [2.05, 4.69) is 17.2 Å². The van der Waals surface area contributed by atoms with Gasteiger partial charge in [0.2, 0.25) is 0 Å². The van der Waals surface area contributed by atoms with Crippen molar-refractivity contribution in [2.45, 2.75) is 32.4 Å². The Hall–Kier alpha value is -0.550. The summed E-state index contributed by atoms with van der Waals surface area (Å²) in [7, 11) is 0.